The van der Waals surface area contributed by atoms with Crippen molar-refractivity contribution in [2.24, 2.45) is 0 Å². The second-order valence-corrected chi connectivity index (χ2v) is 9.97. The van der Waals surface area contributed by atoms with Crippen molar-refractivity contribution in [1.82, 2.24) is 5.32 Å². The number of carbonyl (C=O) groups is 3. The van der Waals surface area contributed by atoms with E-state index in [9.17, 15) is 14.4 Å². The minimum Gasteiger partial charge on any atom is -0.456 e. The zero-order chi connectivity index (χ0) is 24.9. The molecule has 6 nitrogen and oxygen atoms in total. The summed E-state index contributed by atoms with van der Waals surface area (Å²) in [5.74, 6) is -0.579. The highest BCUT2D eigenvalue weighted by Crippen LogP contribution is 2.46. The van der Waals surface area contributed by atoms with Gasteiger partial charge in [-0.3, -0.25) is 9.59 Å². The van der Waals surface area contributed by atoms with E-state index in [1.807, 2.05) is 49.4 Å². The van der Waals surface area contributed by atoms with Gasteiger partial charge in [0, 0.05) is 35.5 Å². The Bertz CT molecular complexity index is 1110. The van der Waals surface area contributed by atoms with Crippen molar-refractivity contribution in [2.45, 2.75) is 38.6 Å². The van der Waals surface area contributed by atoms with Gasteiger partial charge in [0.1, 0.15) is 6.04 Å². The molecule has 1 aliphatic rings. The van der Waals surface area contributed by atoms with E-state index >= 15 is 0 Å². The maximum Gasteiger partial charge on any atom is 0.329 e. The third kappa shape index (κ3) is 5.70. The maximum absolute atomic E-state index is 12.8. The molecule has 1 aliphatic heterocycles. The van der Waals surface area contributed by atoms with Gasteiger partial charge < -0.3 is 15.0 Å². The van der Waals surface area contributed by atoms with Crippen molar-refractivity contribution in [1.29, 1.82) is 0 Å². The summed E-state index contributed by atoms with van der Waals surface area (Å²) in [5, 5.41) is 2.76. The lowest BCUT2D eigenvalue weighted by Gasteiger charge is -2.24. The number of ether oxygens (including phenoxy) is 1. The molecule has 0 bridgehead atoms. The minimum absolute atomic E-state index is 0.301. The molecule has 7 heteroatoms. The second-order valence-electron chi connectivity index (χ2n) is 8.98. The summed E-state index contributed by atoms with van der Waals surface area (Å²) in [6, 6.07) is 14.4. The Balaban J connectivity index is 1.66. The molecule has 2 aromatic rings. The number of ketones is 1. The van der Waals surface area contributed by atoms with Gasteiger partial charge in [-0.25, -0.2) is 4.79 Å². The predicted molar refractivity (Wildman–Crippen MR) is 137 cm³/mol. The zero-order valence-electron chi connectivity index (χ0n) is 20.4. The van der Waals surface area contributed by atoms with E-state index in [0.717, 1.165) is 22.5 Å². The van der Waals surface area contributed by atoms with Crippen molar-refractivity contribution in [3.05, 3.63) is 77.0 Å². The number of thioether (sulfide) groups is 1. The minimum atomic E-state index is -0.823. The van der Waals surface area contributed by atoms with Crippen LogP contribution in [0.25, 0.3) is 0 Å². The molecule has 0 radical (unpaired) electrons. The Morgan fingerprint density at radius 1 is 1.15 bits per heavy atom. The van der Waals surface area contributed by atoms with Crippen LogP contribution in [0.4, 0.5) is 5.69 Å². The fraction of sp³-hybridized carbons (Fsp3) is 0.370. The predicted octanol–water partition coefficient (Wildman–Crippen LogP) is 4.27. The van der Waals surface area contributed by atoms with Crippen LogP contribution >= 0.6 is 11.8 Å². The van der Waals surface area contributed by atoms with Crippen LogP contribution in [0, 0.1) is 6.92 Å². The number of likely N-dealkylation sites (N-methyl/N-ethyl adjacent to an activating group) is 1. The molecular formula is C27H32N2O4S. The number of allylic oxidation sites excluding steroid dienone is 1. The van der Waals surface area contributed by atoms with Crippen LogP contribution in [0.3, 0.4) is 0 Å². The van der Waals surface area contributed by atoms with Gasteiger partial charge in [-0.05, 0) is 49.1 Å². The Morgan fingerprint density at radius 2 is 1.88 bits per heavy atom. The smallest absolute Gasteiger partial charge is 0.329 e. The van der Waals surface area contributed by atoms with E-state index < -0.39 is 12.0 Å². The number of hydrogen-bond acceptors (Lipinski definition) is 6. The number of aryl methyl sites for hydroxylation is 1. The quantitative estimate of drug-likeness (QED) is 0.427. The van der Waals surface area contributed by atoms with Crippen molar-refractivity contribution in [2.75, 3.05) is 30.6 Å². The van der Waals surface area contributed by atoms with E-state index in [1.54, 1.807) is 36.0 Å². The molecule has 0 spiro atoms. The van der Waals surface area contributed by atoms with Crippen LogP contribution in [0.1, 0.15) is 41.8 Å². The molecule has 1 heterocycles. The summed E-state index contributed by atoms with van der Waals surface area (Å²) in [5.41, 5.74) is 4.14. The average molecular weight is 481 g/mol. The summed E-state index contributed by atoms with van der Waals surface area (Å²) in [4.78, 5) is 40.1. The first-order chi connectivity index (χ1) is 16.1. The highest BCUT2D eigenvalue weighted by atomic mass is 32.2. The Kier molecular flexibility index (Phi) is 8.20. The molecule has 2 aromatic carbocycles. The number of benzene rings is 2. The lowest BCUT2D eigenvalue weighted by Crippen LogP contribution is -2.42. The molecule has 1 unspecified atom stereocenters. The molecule has 34 heavy (non-hydrogen) atoms. The van der Waals surface area contributed by atoms with E-state index in [4.69, 9.17) is 4.74 Å². The van der Waals surface area contributed by atoms with Crippen molar-refractivity contribution < 1.29 is 19.1 Å². The molecule has 1 amide bonds. The third-order valence-electron chi connectivity index (χ3n) is 6.08. The fourth-order valence-electron chi connectivity index (χ4n) is 4.21. The van der Waals surface area contributed by atoms with Gasteiger partial charge in [-0.15, -0.1) is 0 Å². The van der Waals surface area contributed by atoms with E-state index in [-0.39, 0.29) is 23.7 Å². The Labute approximate surface area is 205 Å². The van der Waals surface area contributed by atoms with Crippen molar-refractivity contribution in [3.8, 4) is 0 Å². The van der Waals surface area contributed by atoms with Crippen LogP contribution in [0.15, 0.2) is 60.3 Å². The number of nitrogens with one attached hydrogen (secondary N) is 1. The standard InChI is InChI=1S/C27H32N2O4S/c1-18-9-8-10-19(15-18)25(31)28-22(13-14-34-5)26(32)33-17-20(30)16-24-27(2,3)21-11-6-7-12-23(21)29(24)4/h6-12,15-16,22H,13-14,17H2,1-5H3,(H,28,31). The number of amides is 1. The van der Waals surface area contributed by atoms with Crippen LogP contribution < -0.4 is 10.2 Å². The third-order valence-corrected chi connectivity index (χ3v) is 6.72. The molecule has 180 valence electrons. The monoisotopic (exact) mass is 480 g/mol. The normalized spacial score (nSPS) is 16.1. The molecule has 3 rings (SSSR count). The summed E-state index contributed by atoms with van der Waals surface area (Å²) in [6.45, 7) is 5.66. The van der Waals surface area contributed by atoms with Gasteiger partial charge in [0.05, 0.1) is 0 Å². The molecule has 0 saturated heterocycles. The summed E-state index contributed by atoms with van der Waals surface area (Å²) < 4.78 is 5.34. The Hall–Kier alpha value is -3.06. The van der Waals surface area contributed by atoms with Gasteiger partial charge in [0.15, 0.2) is 12.4 Å². The molecular weight excluding hydrogens is 448 g/mol. The van der Waals surface area contributed by atoms with E-state index in [2.05, 4.69) is 25.2 Å². The fourth-order valence-corrected chi connectivity index (χ4v) is 4.68. The summed E-state index contributed by atoms with van der Waals surface area (Å²) in [6.07, 6.45) is 3.89. The number of carbonyl (C=O) groups excluding carboxylic acids is 3. The largest absolute Gasteiger partial charge is 0.456 e. The second kappa shape index (κ2) is 10.9. The molecule has 1 N–H and O–H groups in total. The number of esters is 1. The number of rotatable bonds is 9. The van der Waals surface area contributed by atoms with Gasteiger partial charge in [0.25, 0.3) is 5.91 Å². The average Bonchev–Trinajstić information content (AvgIpc) is 3.00. The molecule has 1 atom stereocenters. The maximum atomic E-state index is 12.8. The van der Waals surface area contributed by atoms with Crippen molar-refractivity contribution in [3.63, 3.8) is 0 Å². The lowest BCUT2D eigenvalue weighted by molar-refractivity contribution is -0.149. The molecule has 0 fully saturated rings. The van der Waals surface area contributed by atoms with Crippen LogP contribution in [-0.2, 0) is 19.7 Å². The van der Waals surface area contributed by atoms with Crippen LogP contribution in [0.5, 0.6) is 0 Å². The zero-order valence-corrected chi connectivity index (χ0v) is 21.2. The first-order valence-electron chi connectivity index (χ1n) is 11.3. The number of para-hydroxylation sites is 1. The molecule has 0 saturated carbocycles. The SMILES string of the molecule is CSCCC(NC(=O)c1cccc(C)c1)C(=O)OCC(=O)C=C1N(C)c2ccccc2C1(C)C. The summed E-state index contributed by atoms with van der Waals surface area (Å²) >= 11 is 1.57. The van der Waals surface area contributed by atoms with Gasteiger partial charge >= 0.3 is 5.97 Å². The molecule has 0 aromatic heterocycles. The summed E-state index contributed by atoms with van der Waals surface area (Å²) in [7, 11) is 1.93. The van der Waals surface area contributed by atoms with Gasteiger partial charge in [-0.2, -0.15) is 11.8 Å². The highest BCUT2D eigenvalue weighted by Gasteiger charge is 2.38. The Morgan fingerprint density at radius 3 is 2.56 bits per heavy atom. The van der Waals surface area contributed by atoms with Gasteiger partial charge in [-0.1, -0.05) is 49.7 Å². The number of hydrogen-bond donors (Lipinski definition) is 1. The molecule has 0 aliphatic carbocycles. The lowest BCUT2D eigenvalue weighted by atomic mass is 9.83. The number of fused-ring (bicyclic) bond motifs is 1. The first kappa shape index (κ1) is 25.6. The van der Waals surface area contributed by atoms with E-state index in [1.165, 1.54) is 0 Å². The van der Waals surface area contributed by atoms with Crippen molar-refractivity contribution >= 4 is 35.1 Å². The highest BCUT2D eigenvalue weighted by molar-refractivity contribution is 7.98. The van der Waals surface area contributed by atoms with Crippen LogP contribution in [0.2, 0.25) is 0 Å². The number of nitrogens with zero attached hydrogens (tertiary/aromatic N) is 1. The number of anilines is 1. The van der Waals surface area contributed by atoms with Gasteiger partial charge in [0.2, 0.25) is 0 Å². The topological polar surface area (TPSA) is 75.7 Å². The first-order valence-corrected chi connectivity index (χ1v) is 12.7. The van der Waals surface area contributed by atoms with E-state index in [0.29, 0.717) is 17.7 Å². The van der Waals surface area contributed by atoms with Crippen LogP contribution in [-0.4, -0.2) is 49.4 Å².